The van der Waals surface area contributed by atoms with Gasteiger partial charge in [0.25, 0.3) is 0 Å². The Labute approximate surface area is 129 Å². The molecule has 7 nitrogen and oxygen atoms in total. The topological polar surface area (TPSA) is 97.4 Å². The van der Waals surface area contributed by atoms with E-state index >= 15 is 0 Å². The van der Waals surface area contributed by atoms with Crippen molar-refractivity contribution in [3.63, 3.8) is 0 Å². The molecule has 0 saturated heterocycles. The van der Waals surface area contributed by atoms with Gasteiger partial charge in [0.2, 0.25) is 0 Å². The normalized spacial score (nSPS) is 15.6. The van der Waals surface area contributed by atoms with Crippen molar-refractivity contribution >= 4 is 11.9 Å². The molecule has 7 heteroatoms. The maximum atomic E-state index is 12.2. The molecule has 0 bridgehead atoms. The zero-order valence-electron chi connectivity index (χ0n) is 13.0. The third kappa shape index (κ3) is 3.60. The van der Waals surface area contributed by atoms with Crippen LogP contribution >= 0.6 is 0 Å². The molecule has 1 aliphatic heterocycles. The van der Waals surface area contributed by atoms with Crippen molar-refractivity contribution < 1.29 is 19.5 Å². The quantitative estimate of drug-likeness (QED) is 0.357. The number of nitrogens with zero attached hydrogens (tertiary/aromatic N) is 2. The number of carbonyl (C=O) groups excluding carboxylic acids is 1. The van der Waals surface area contributed by atoms with Crippen LogP contribution in [0.1, 0.15) is 31.9 Å². The minimum atomic E-state index is -0.553. The van der Waals surface area contributed by atoms with Gasteiger partial charge < -0.3 is 25.3 Å². The van der Waals surface area contributed by atoms with E-state index in [2.05, 4.69) is 5.16 Å². The second kappa shape index (κ2) is 6.13. The van der Waals surface area contributed by atoms with Gasteiger partial charge in [-0.05, 0) is 26.8 Å². The van der Waals surface area contributed by atoms with Crippen LogP contribution in [0.3, 0.4) is 0 Å². The summed E-state index contributed by atoms with van der Waals surface area (Å²) < 4.78 is 11.1. The molecule has 0 aliphatic carbocycles. The van der Waals surface area contributed by atoms with E-state index < -0.39 is 11.7 Å². The highest BCUT2D eigenvalue weighted by atomic mass is 16.6. The molecule has 1 heterocycles. The average molecular weight is 307 g/mol. The summed E-state index contributed by atoms with van der Waals surface area (Å²) in [6.45, 7) is 6.52. The number of para-hydroxylation sites is 1. The van der Waals surface area contributed by atoms with E-state index in [0.717, 1.165) is 5.56 Å². The van der Waals surface area contributed by atoms with Crippen molar-refractivity contribution in [2.24, 2.45) is 10.9 Å². The van der Waals surface area contributed by atoms with Gasteiger partial charge in [0.1, 0.15) is 18.0 Å². The standard InChI is InChI=1S/C15H21N3O4/c1-15(2,3)22-14(19)18-7-8-21-12-10(9-18)5-4-6-11(12)13(16)17-20/h4-6,20H,7-9H2,1-3H3,(H2,16,17). The summed E-state index contributed by atoms with van der Waals surface area (Å²) >= 11 is 0. The number of hydrogen-bond donors (Lipinski definition) is 2. The summed E-state index contributed by atoms with van der Waals surface area (Å²) in [7, 11) is 0. The number of ether oxygens (including phenoxy) is 2. The first-order chi connectivity index (χ1) is 10.3. The molecule has 0 aromatic heterocycles. The molecule has 1 amide bonds. The molecule has 0 fully saturated rings. The maximum absolute atomic E-state index is 12.2. The summed E-state index contributed by atoms with van der Waals surface area (Å²) in [5.74, 6) is 0.506. The molecule has 0 spiro atoms. The molecule has 3 N–H and O–H groups in total. The van der Waals surface area contributed by atoms with Gasteiger partial charge in [-0.2, -0.15) is 0 Å². The largest absolute Gasteiger partial charge is 0.491 e. The van der Waals surface area contributed by atoms with Crippen LogP contribution in [0.25, 0.3) is 0 Å². The predicted molar refractivity (Wildman–Crippen MR) is 81.1 cm³/mol. The van der Waals surface area contributed by atoms with Gasteiger partial charge >= 0.3 is 6.09 Å². The first-order valence-corrected chi connectivity index (χ1v) is 7.02. The molecule has 0 atom stereocenters. The minimum Gasteiger partial charge on any atom is -0.491 e. The van der Waals surface area contributed by atoms with Gasteiger partial charge in [-0.3, -0.25) is 0 Å². The maximum Gasteiger partial charge on any atom is 0.410 e. The highest BCUT2D eigenvalue weighted by molar-refractivity contribution is 6.00. The summed E-state index contributed by atoms with van der Waals surface area (Å²) in [4.78, 5) is 13.8. The first kappa shape index (κ1) is 15.9. The Morgan fingerprint density at radius 2 is 2.18 bits per heavy atom. The number of fused-ring (bicyclic) bond motifs is 1. The van der Waals surface area contributed by atoms with Gasteiger partial charge in [0.15, 0.2) is 5.84 Å². The smallest absolute Gasteiger partial charge is 0.410 e. The zero-order chi connectivity index (χ0) is 16.3. The molecule has 0 radical (unpaired) electrons. The van der Waals surface area contributed by atoms with E-state index in [1.807, 2.05) is 26.8 Å². The van der Waals surface area contributed by atoms with Crippen molar-refractivity contribution in [1.29, 1.82) is 0 Å². The zero-order valence-corrected chi connectivity index (χ0v) is 13.0. The fraction of sp³-hybridized carbons (Fsp3) is 0.467. The number of amides is 1. The van der Waals surface area contributed by atoms with E-state index in [0.29, 0.717) is 31.0 Å². The SMILES string of the molecule is CC(C)(C)OC(=O)N1CCOc2c(cccc2/C(N)=N\O)C1. The number of rotatable bonds is 1. The highest BCUT2D eigenvalue weighted by Crippen LogP contribution is 2.28. The molecule has 1 aliphatic rings. The average Bonchev–Trinajstić information content (AvgIpc) is 2.66. The summed E-state index contributed by atoms with van der Waals surface area (Å²) in [5, 5.41) is 11.9. The van der Waals surface area contributed by atoms with Crippen molar-refractivity contribution in [1.82, 2.24) is 4.90 Å². The third-order valence-corrected chi connectivity index (χ3v) is 3.10. The first-order valence-electron chi connectivity index (χ1n) is 7.02. The van der Waals surface area contributed by atoms with E-state index in [4.69, 9.17) is 20.4 Å². The summed E-state index contributed by atoms with van der Waals surface area (Å²) in [6, 6.07) is 5.32. The number of carbonyl (C=O) groups is 1. The van der Waals surface area contributed by atoms with Crippen LogP contribution < -0.4 is 10.5 Å². The lowest BCUT2D eigenvalue weighted by Gasteiger charge is -2.26. The number of oxime groups is 1. The van der Waals surface area contributed by atoms with Crippen molar-refractivity contribution in [3.8, 4) is 5.75 Å². The number of amidine groups is 1. The molecule has 0 unspecified atom stereocenters. The Hall–Kier alpha value is -2.44. The van der Waals surface area contributed by atoms with Crippen LogP contribution in [0.2, 0.25) is 0 Å². The van der Waals surface area contributed by atoms with Gasteiger partial charge in [-0.1, -0.05) is 17.3 Å². The Bertz CT molecular complexity index is 593. The molecular weight excluding hydrogens is 286 g/mol. The number of hydrogen-bond acceptors (Lipinski definition) is 5. The van der Waals surface area contributed by atoms with Gasteiger partial charge in [-0.25, -0.2) is 4.79 Å². The lowest BCUT2D eigenvalue weighted by Crippen LogP contribution is -2.37. The monoisotopic (exact) mass is 307 g/mol. The number of benzene rings is 1. The molecule has 1 aromatic carbocycles. The van der Waals surface area contributed by atoms with Crippen LogP contribution in [0, 0.1) is 0 Å². The summed E-state index contributed by atoms with van der Waals surface area (Å²) in [6.07, 6.45) is -0.391. The Morgan fingerprint density at radius 3 is 2.82 bits per heavy atom. The second-order valence-electron chi connectivity index (χ2n) is 6.03. The molecule has 2 rings (SSSR count). The lowest BCUT2D eigenvalue weighted by molar-refractivity contribution is 0.0225. The van der Waals surface area contributed by atoms with Crippen molar-refractivity contribution in [3.05, 3.63) is 29.3 Å². The Kier molecular flexibility index (Phi) is 4.44. The van der Waals surface area contributed by atoms with Crippen molar-refractivity contribution in [2.45, 2.75) is 32.9 Å². The van der Waals surface area contributed by atoms with Crippen LogP contribution in [0.5, 0.6) is 5.75 Å². The van der Waals surface area contributed by atoms with E-state index in [9.17, 15) is 4.79 Å². The second-order valence-corrected chi connectivity index (χ2v) is 6.03. The van der Waals surface area contributed by atoms with Crippen molar-refractivity contribution in [2.75, 3.05) is 13.2 Å². The Morgan fingerprint density at radius 1 is 1.45 bits per heavy atom. The van der Waals surface area contributed by atoms with E-state index in [1.165, 1.54) is 0 Å². The highest BCUT2D eigenvalue weighted by Gasteiger charge is 2.26. The van der Waals surface area contributed by atoms with Crippen LogP contribution in [0.4, 0.5) is 4.79 Å². The molecule has 1 aromatic rings. The van der Waals surface area contributed by atoms with Gasteiger partial charge in [-0.15, -0.1) is 0 Å². The Balaban J connectivity index is 2.26. The van der Waals surface area contributed by atoms with Gasteiger partial charge in [0.05, 0.1) is 18.7 Å². The van der Waals surface area contributed by atoms with Crippen LogP contribution in [-0.4, -0.2) is 40.8 Å². The summed E-state index contributed by atoms with van der Waals surface area (Å²) in [5.41, 5.74) is 6.40. The van der Waals surface area contributed by atoms with Gasteiger partial charge in [0, 0.05) is 5.56 Å². The van der Waals surface area contributed by atoms with Crippen LogP contribution in [-0.2, 0) is 11.3 Å². The predicted octanol–water partition coefficient (Wildman–Crippen LogP) is 1.91. The molecule has 22 heavy (non-hydrogen) atoms. The van der Waals surface area contributed by atoms with E-state index in [-0.39, 0.29) is 5.84 Å². The molecule has 0 saturated carbocycles. The number of nitrogens with two attached hydrogens (primary N) is 1. The molecule has 120 valence electrons. The van der Waals surface area contributed by atoms with E-state index in [1.54, 1.807) is 17.0 Å². The molecular formula is C15H21N3O4. The minimum absolute atomic E-state index is 0.0254. The fourth-order valence-electron chi connectivity index (χ4n) is 2.16. The lowest BCUT2D eigenvalue weighted by atomic mass is 10.1. The van der Waals surface area contributed by atoms with Crippen LogP contribution in [0.15, 0.2) is 23.4 Å². The third-order valence-electron chi connectivity index (χ3n) is 3.10. The fourth-order valence-corrected chi connectivity index (χ4v) is 2.16.